The molecule has 156 valence electrons. The number of aromatic amines is 1. The SMILES string of the molecule is COCCNc1nccc(-c2sc(-c3nnc[nH]3)c(-c3ccc(Cl)cc3Cl)c2C#N)n1. The number of nitriles is 1. The Bertz CT molecular complexity index is 1250. The largest absolute Gasteiger partial charge is 0.383 e. The highest BCUT2D eigenvalue weighted by atomic mass is 35.5. The summed E-state index contributed by atoms with van der Waals surface area (Å²) in [5, 5.41) is 22.1. The number of ether oxygens (including phenoxy) is 1. The predicted octanol–water partition coefficient (Wildman–Crippen LogP) is 4.89. The van der Waals surface area contributed by atoms with E-state index in [9.17, 15) is 5.26 Å². The van der Waals surface area contributed by atoms with Gasteiger partial charge in [-0.25, -0.2) is 9.97 Å². The van der Waals surface area contributed by atoms with Gasteiger partial charge in [0.05, 0.1) is 27.6 Å². The monoisotopic (exact) mass is 471 g/mol. The zero-order valence-corrected chi connectivity index (χ0v) is 18.5. The van der Waals surface area contributed by atoms with Crippen molar-refractivity contribution in [2.24, 2.45) is 0 Å². The lowest BCUT2D eigenvalue weighted by Crippen LogP contribution is -2.10. The first-order chi connectivity index (χ1) is 15.1. The maximum absolute atomic E-state index is 10.1. The number of hydrogen-bond donors (Lipinski definition) is 2. The second-order valence-electron chi connectivity index (χ2n) is 6.27. The topological polar surface area (TPSA) is 112 Å². The first-order valence-electron chi connectivity index (χ1n) is 9.07. The minimum atomic E-state index is 0.429. The van der Waals surface area contributed by atoms with Crippen LogP contribution >= 0.6 is 34.5 Å². The lowest BCUT2D eigenvalue weighted by Gasteiger charge is -2.07. The lowest BCUT2D eigenvalue weighted by molar-refractivity contribution is 0.210. The van der Waals surface area contributed by atoms with Gasteiger partial charge in [-0.15, -0.1) is 21.5 Å². The van der Waals surface area contributed by atoms with Crippen molar-refractivity contribution >= 4 is 40.5 Å². The van der Waals surface area contributed by atoms with Gasteiger partial charge in [-0.05, 0) is 18.2 Å². The number of nitrogens with one attached hydrogen (secondary N) is 2. The summed E-state index contributed by atoms with van der Waals surface area (Å²) in [5.41, 5.74) is 2.35. The first-order valence-corrected chi connectivity index (χ1v) is 10.6. The van der Waals surface area contributed by atoms with E-state index in [2.05, 4.69) is 36.5 Å². The molecule has 11 heteroatoms. The summed E-state index contributed by atoms with van der Waals surface area (Å²) in [7, 11) is 1.62. The van der Waals surface area contributed by atoms with Crippen molar-refractivity contribution in [2.75, 3.05) is 25.6 Å². The Balaban J connectivity index is 1.89. The van der Waals surface area contributed by atoms with Crippen LogP contribution < -0.4 is 5.32 Å². The molecule has 0 saturated heterocycles. The molecule has 31 heavy (non-hydrogen) atoms. The quantitative estimate of drug-likeness (QED) is 0.368. The van der Waals surface area contributed by atoms with Crippen LogP contribution in [0.2, 0.25) is 10.0 Å². The van der Waals surface area contributed by atoms with E-state index in [0.29, 0.717) is 62.2 Å². The first kappa shape index (κ1) is 21.2. The average molecular weight is 472 g/mol. The molecule has 4 rings (SSSR count). The standard InChI is InChI=1S/C20H15Cl2N7OS/c1-30-7-6-25-20-24-5-4-15(28-20)17-13(9-23)16(12-3-2-11(21)8-14(12)22)18(31-17)19-26-10-27-29-19/h2-5,8,10H,6-7H2,1H3,(H,24,25,28)(H,26,27,29). The number of anilines is 1. The van der Waals surface area contributed by atoms with Crippen molar-refractivity contribution in [3.8, 4) is 38.5 Å². The fourth-order valence-electron chi connectivity index (χ4n) is 2.99. The fraction of sp³-hybridized carbons (Fsp3) is 0.150. The molecule has 0 amide bonds. The van der Waals surface area contributed by atoms with E-state index in [1.165, 1.54) is 17.7 Å². The Labute approximate surface area is 191 Å². The molecule has 0 spiro atoms. The number of H-pyrrole nitrogens is 1. The van der Waals surface area contributed by atoms with Crippen LogP contribution in [0.3, 0.4) is 0 Å². The number of benzene rings is 1. The Morgan fingerprint density at radius 3 is 2.84 bits per heavy atom. The van der Waals surface area contributed by atoms with Gasteiger partial charge in [-0.3, -0.25) is 0 Å². The second kappa shape index (κ2) is 9.41. The van der Waals surface area contributed by atoms with E-state index in [1.54, 1.807) is 37.6 Å². The molecule has 0 fully saturated rings. The number of aromatic nitrogens is 5. The van der Waals surface area contributed by atoms with Gasteiger partial charge in [-0.1, -0.05) is 29.3 Å². The Morgan fingerprint density at radius 2 is 2.13 bits per heavy atom. The van der Waals surface area contributed by atoms with Crippen molar-refractivity contribution in [1.29, 1.82) is 5.26 Å². The van der Waals surface area contributed by atoms with Crippen molar-refractivity contribution in [1.82, 2.24) is 25.1 Å². The average Bonchev–Trinajstić information content (AvgIpc) is 3.42. The van der Waals surface area contributed by atoms with E-state index >= 15 is 0 Å². The van der Waals surface area contributed by atoms with Gasteiger partial charge in [0.1, 0.15) is 12.4 Å². The van der Waals surface area contributed by atoms with E-state index in [0.717, 1.165) is 4.88 Å². The third-order valence-electron chi connectivity index (χ3n) is 4.33. The molecule has 8 nitrogen and oxygen atoms in total. The Kier molecular flexibility index (Phi) is 6.44. The zero-order valence-electron chi connectivity index (χ0n) is 16.2. The Hall–Kier alpha value is -3.03. The van der Waals surface area contributed by atoms with Crippen molar-refractivity contribution in [3.05, 3.63) is 52.4 Å². The maximum Gasteiger partial charge on any atom is 0.223 e. The van der Waals surface area contributed by atoms with Gasteiger partial charge in [-0.2, -0.15) is 5.26 Å². The van der Waals surface area contributed by atoms with Crippen LogP contribution in [0.4, 0.5) is 5.95 Å². The van der Waals surface area contributed by atoms with E-state index in [-0.39, 0.29) is 0 Å². The van der Waals surface area contributed by atoms with Crippen LogP contribution in [0.15, 0.2) is 36.8 Å². The predicted molar refractivity (Wildman–Crippen MR) is 121 cm³/mol. The molecule has 0 aliphatic heterocycles. The minimum absolute atomic E-state index is 0.429. The van der Waals surface area contributed by atoms with Crippen LogP contribution in [0.1, 0.15) is 5.56 Å². The number of nitrogens with zero attached hydrogens (tertiary/aromatic N) is 5. The summed E-state index contributed by atoms with van der Waals surface area (Å²) < 4.78 is 5.05. The van der Waals surface area contributed by atoms with E-state index < -0.39 is 0 Å². The van der Waals surface area contributed by atoms with Gasteiger partial charge >= 0.3 is 0 Å². The van der Waals surface area contributed by atoms with Crippen LogP contribution in [-0.4, -0.2) is 45.4 Å². The molecule has 1 aromatic carbocycles. The molecule has 0 aliphatic carbocycles. The molecular formula is C20H15Cl2N7OS. The molecule has 2 N–H and O–H groups in total. The molecule has 3 aromatic heterocycles. The molecule has 0 atom stereocenters. The summed E-state index contributed by atoms with van der Waals surface area (Å²) >= 11 is 14.0. The molecule has 0 bridgehead atoms. The number of thiophene rings is 1. The van der Waals surface area contributed by atoms with Gasteiger partial charge in [0, 0.05) is 41.0 Å². The number of hydrogen-bond acceptors (Lipinski definition) is 8. The van der Waals surface area contributed by atoms with E-state index in [1.807, 2.05) is 0 Å². The van der Waals surface area contributed by atoms with Crippen molar-refractivity contribution in [2.45, 2.75) is 0 Å². The van der Waals surface area contributed by atoms with Gasteiger partial charge in [0.15, 0.2) is 5.82 Å². The Morgan fingerprint density at radius 1 is 1.26 bits per heavy atom. The van der Waals surface area contributed by atoms with E-state index in [4.69, 9.17) is 27.9 Å². The van der Waals surface area contributed by atoms with Crippen LogP contribution in [0, 0.1) is 11.3 Å². The summed E-state index contributed by atoms with van der Waals surface area (Å²) in [6.45, 7) is 1.08. The van der Waals surface area contributed by atoms with Crippen molar-refractivity contribution in [3.63, 3.8) is 0 Å². The molecule has 0 aliphatic rings. The summed E-state index contributed by atoms with van der Waals surface area (Å²) in [6.07, 6.45) is 3.12. The second-order valence-corrected chi connectivity index (χ2v) is 8.13. The third kappa shape index (κ3) is 4.38. The highest BCUT2D eigenvalue weighted by Crippen LogP contribution is 2.47. The molecule has 4 aromatic rings. The molecule has 0 unspecified atom stereocenters. The normalized spacial score (nSPS) is 10.8. The third-order valence-corrected chi connectivity index (χ3v) is 6.10. The minimum Gasteiger partial charge on any atom is -0.383 e. The molecular weight excluding hydrogens is 457 g/mol. The lowest BCUT2D eigenvalue weighted by atomic mass is 9.99. The van der Waals surface area contributed by atoms with Crippen LogP contribution in [-0.2, 0) is 4.74 Å². The van der Waals surface area contributed by atoms with Gasteiger partial charge in [0.2, 0.25) is 5.95 Å². The number of halogens is 2. The highest BCUT2D eigenvalue weighted by Gasteiger charge is 2.25. The fourth-order valence-corrected chi connectivity index (χ4v) is 4.67. The summed E-state index contributed by atoms with van der Waals surface area (Å²) in [4.78, 5) is 13.2. The molecule has 3 heterocycles. The van der Waals surface area contributed by atoms with Crippen molar-refractivity contribution < 1.29 is 4.74 Å². The maximum atomic E-state index is 10.1. The van der Waals surface area contributed by atoms with Crippen LogP contribution in [0.25, 0.3) is 32.4 Å². The summed E-state index contributed by atoms with van der Waals surface area (Å²) in [5.74, 6) is 0.973. The highest BCUT2D eigenvalue weighted by molar-refractivity contribution is 7.19. The zero-order chi connectivity index (χ0) is 21.8. The molecule has 0 saturated carbocycles. The van der Waals surface area contributed by atoms with Gasteiger partial charge < -0.3 is 15.0 Å². The number of methoxy groups -OCH3 is 1. The summed E-state index contributed by atoms with van der Waals surface area (Å²) in [6, 6.07) is 9.23. The van der Waals surface area contributed by atoms with Crippen LogP contribution in [0.5, 0.6) is 0 Å². The molecule has 0 radical (unpaired) electrons. The number of rotatable bonds is 7. The van der Waals surface area contributed by atoms with Gasteiger partial charge in [0.25, 0.3) is 0 Å². The smallest absolute Gasteiger partial charge is 0.223 e.